The SMILES string of the molecule is CC1(C)C2CCC1(C)[C@H](OC(=O)C1CCCN1C(=O)C(CC#N)NC(=O)C(O)Cc1ccccc1)C2. The fraction of sp³-hybridized carbons (Fsp3) is 0.643. The van der Waals surface area contributed by atoms with Gasteiger partial charge in [0.05, 0.1) is 12.5 Å². The lowest BCUT2D eigenvalue weighted by molar-refractivity contribution is -0.165. The van der Waals surface area contributed by atoms with Gasteiger partial charge in [-0.15, -0.1) is 0 Å². The van der Waals surface area contributed by atoms with E-state index in [4.69, 9.17) is 4.74 Å². The van der Waals surface area contributed by atoms with E-state index >= 15 is 0 Å². The van der Waals surface area contributed by atoms with E-state index < -0.39 is 36.0 Å². The molecular weight excluding hydrogens is 458 g/mol. The van der Waals surface area contributed by atoms with Gasteiger partial charge in [-0.25, -0.2) is 4.79 Å². The summed E-state index contributed by atoms with van der Waals surface area (Å²) in [5.41, 5.74) is 0.807. The number of carbonyl (C=O) groups is 3. The Bertz CT molecular complexity index is 1040. The molecule has 194 valence electrons. The highest BCUT2D eigenvalue weighted by Gasteiger charge is 2.63. The smallest absolute Gasteiger partial charge is 0.329 e. The minimum Gasteiger partial charge on any atom is -0.460 e. The number of benzene rings is 1. The number of rotatable bonds is 8. The van der Waals surface area contributed by atoms with E-state index in [9.17, 15) is 24.8 Å². The molecule has 0 spiro atoms. The Labute approximate surface area is 213 Å². The van der Waals surface area contributed by atoms with Gasteiger partial charge in [0.25, 0.3) is 0 Å². The third kappa shape index (κ3) is 4.73. The molecule has 5 unspecified atom stereocenters. The second kappa shape index (κ2) is 10.2. The van der Waals surface area contributed by atoms with Crippen molar-refractivity contribution in [1.29, 1.82) is 5.26 Å². The first-order chi connectivity index (χ1) is 17.1. The van der Waals surface area contributed by atoms with Gasteiger partial charge in [0.1, 0.15) is 24.3 Å². The van der Waals surface area contributed by atoms with Crippen LogP contribution in [0.1, 0.15) is 64.9 Å². The average molecular weight is 496 g/mol. The van der Waals surface area contributed by atoms with Gasteiger partial charge in [0.2, 0.25) is 11.8 Å². The zero-order valence-electron chi connectivity index (χ0n) is 21.4. The predicted octanol–water partition coefficient (Wildman–Crippen LogP) is 2.74. The summed E-state index contributed by atoms with van der Waals surface area (Å²) in [7, 11) is 0. The van der Waals surface area contributed by atoms with Crippen molar-refractivity contribution in [3.8, 4) is 6.07 Å². The van der Waals surface area contributed by atoms with Crippen LogP contribution >= 0.6 is 0 Å². The lowest BCUT2D eigenvalue weighted by Crippen LogP contribution is -2.54. The molecule has 0 aromatic heterocycles. The number of hydrogen-bond acceptors (Lipinski definition) is 6. The van der Waals surface area contributed by atoms with Gasteiger partial charge >= 0.3 is 5.97 Å². The van der Waals surface area contributed by atoms with Crippen LogP contribution in [0.4, 0.5) is 0 Å². The number of amides is 2. The molecule has 1 heterocycles. The molecule has 6 atom stereocenters. The van der Waals surface area contributed by atoms with Crippen molar-refractivity contribution in [2.24, 2.45) is 16.7 Å². The summed E-state index contributed by atoms with van der Waals surface area (Å²) in [6, 6.07) is 9.14. The summed E-state index contributed by atoms with van der Waals surface area (Å²) in [5, 5.41) is 22.2. The van der Waals surface area contributed by atoms with Crippen LogP contribution < -0.4 is 5.32 Å². The molecule has 3 fully saturated rings. The third-order valence-corrected chi connectivity index (χ3v) is 9.26. The maximum atomic E-state index is 13.4. The van der Waals surface area contributed by atoms with Crippen LogP contribution in [0.5, 0.6) is 0 Å². The van der Waals surface area contributed by atoms with Gasteiger partial charge in [-0.2, -0.15) is 5.26 Å². The number of nitriles is 1. The first kappa shape index (κ1) is 26.2. The van der Waals surface area contributed by atoms with Crippen molar-refractivity contribution >= 4 is 17.8 Å². The Morgan fingerprint density at radius 3 is 2.56 bits per heavy atom. The summed E-state index contributed by atoms with van der Waals surface area (Å²) in [4.78, 5) is 40.7. The lowest BCUT2D eigenvalue weighted by Gasteiger charge is -2.39. The molecule has 8 heteroatoms. The van der Waals surface area contributed by atoms with E-state index in [1.54, 1.807) is 12.1 Å². The number of nitrogens with one attached hydrogen (secondary N) is 1. The molecule has 1 aromatic carbocycles. The van der Waals surface area contributed by atoms with E-state index in [-0.39, 0.29) is 29.8 Å². The number of esters is 1. The third-order valence-electron chi connectivity index (χ3n) is 9.26. The quantitative estimate of drug-likeness (QED) is 0.535. The molecule has 8 nitrogen and oxygen atoms in total. The van der Waals surface area contributed by atoms with Gasteiger partial charge in [-0.3, -0.25) is 9.59 Å². The topological polar surface area (TPSA) is 120 Å². The fourth-order valence-electron chi connectivity index (χ4n) is 6.49. The van der Waals surface area contributed by atoms with Crippen LogP contribution in [0.3, 0.4) is 0 Å². The molecule has 4 rings (SSSR count). The molecule has 2 aliphatic carbocycles. The number of likely N-dealkylation sites (tertiary alicyclic amines) is 1. The van der Waals surface area contributed by atoms with Gasteiger partial charge in [0, 0.05) is 18.4 Å². The van der Waals surface area contributed by atoms with E-state index in [1.807, 2.05) is 24.3 Å². The zero-order chi connectivity index (χ0) is 26.1. The van der Waals surface area contributed by atoms with Crippen LogP contribution in [0.25, 0.3) is 0 Å². The molecule has 3 aliphatic rings. The lowest BCUT2D eigenvalue weighted by atomic mass is 9.70. The summed E-state index contributed by atoms with van der Waals surface area (Å²) in [5.74, 6) is -1.08. The van der Waals surface area contributed by atoms with E-state index in [2.05, 4.69) is 26.1 Å². The maximum absolute atomic E-state index is 13.4. The first-order valence-corrected chi connectivity index (χ1v) is 13.0. The van der Waals surface area contributed by atoms with Gasteiger partial charge in [0.15, 0.2) is 0 Å². The number of aliphatic hydroxyl groups is 1. The monoisotopic (exact) mass is 495 g/mol. The maximum Gasteiger partial charge on any atom is 0.329 e. The Hall–Kier alpha value is -2.92. The Kier molecular flexibility index (Phi) is 7.42. The Morgan fingerprint density at radius 1 is 1.22 bits per heavy atom. The minimum atomic E-state index is -1.36. The minimum absolute atomic E-state index is 0.0764. The largest absolute Gasteiger partial charge is 0.460 e. The highest BCUT2D eigenvalue weighted by atomic mass is 16.5. The summed E-state index contributed by atoms with van der Waals surface area (Å²) < 4.78 is 6.05. The molecule has 2 saturated carbocycles. The van der Waals surface area contributed by atoms with E-state index in [1.165, 1.54) is 4.90 Å². The number of hydrogen-bond donors (Lipinski definition) is 2. The van der Waals surface area contributed by atoms with Gasteiger partial charge < -0.3 is 20.1 Å². The van der Waals surface area contributed by atoms with Crippen LogP contribution in [-0.4, -0.2) is 58.6 Å². The summed E-state index contributed by atoms with van der Waals surface area (Å²) in [6.45, 7) is 7.07. The molecule has 1 aliphatic heterocycles. The Morgan fingerprint density at radius 2 is 1.94 bits per heavy atom. The Balaban J connectivity index is 1.39. The number of fused-ring (bicyclic) bond motifs is 2. The van der Waals surface area contributed by atoms with Crippen LogP contribution in [0.15, 0.2) is 30.3 Å². The van der Waals surface area contributed by atoms with E-state index in [0.29, 0.717) is 25.3 Å². The molecule has 2 N–H and O–H groups in total. The van der Waals surface area contributed by atoms with Crippen molar-refractivity contribution in [2.75, 3.05) is 6.54 Å². The second-order valence-electron chi connectivity index (χ2n) is 11.4. The highest BCUT2D eigenvalue weighted by Crippen LogP contribution is 2.66. The standard InChI is InChI=1S/C28H37N3O5/c1-27(2)19-11-13-28(27,3)23(17-19)36-26(35)21-10-7-15-31(21)25(34)20(12-14-29)30-24(33)22(32)16-18-8-5-4-6-9-18/h4-6,8-9,19-23,32H,7,10-13,15-17H2,1-3H3,(H,30,33)/t19?,20?,21?,22?,23-,28?/m1/s1. The normalized spacial score (nSPS) is 29.9. The average Bonchev–Trinajstić information content (AvgIpc) is 3.47. The molecular formula is C28H37N3O5. The van der Waals surface area contributed by atoms with Crippen molar-refractivity contribution in [3.05, 3.63) is 35.9 Å². The van der Waals surface area contributed by atoms with Crippen LogP contribution in [0.2, 0.25) is 0 Å². The number of ether oxygens (including phenoxy) is 1. The molecule has 2 amide bonds. The summed E-state index contributed by atoms with van der Waals surface area (Å²) in [6.07, 6.45) is 2.47. The number of carbonyl (C=O) groups excluding carboxylic acids is 3. The van der Waals surface area contributed by atoms with Crippen LogP contribution in [-0.2, 0) is 25.5 Å². The molecule has 36 heavy (non-hydrogen) atoms. The summed E-state index contributed by atoms with van der Waals surface area (Å²) >= 11 is 0. The van der Waals surface area contributed by atoms with Gasteiger partial charge in [-0.05, 0) is 49.0 Å². The molecule has 0 radical (unpaired) electrons. The number of aliphatic hydroxyl groups excluding tert-OH is 1. The number of nitrogens with zero attached hydrogens (tertiary/aromatic N) is 2. The first-order valence-electron chi connectivity index (χ1n) is 13.0. The molecule has 2 bridgehead atoms. The van der Waals surface area contributed by atoms with Crippen molar-refractivity contribution in [2.45, 2.75) is 90.0 Å². The van der Waals surface area contributed by atoms with E-state index in [0.717, 1.165) is 24.8 Å². The van der Waals surface area contributed by atoms with Crippen molar-refractivity contribution in [1.82, 2.24) is 10.2 Å². The van der Waals surface area contributed by atoms with Crippen molar-refractivity contribution in [3.63, 3.8) is 0 Å². The molecule has 1 saturated heterocycles. The fourth-order valence-corrected chi connectivity index (χ4v) is 6.49. The second-order valence-corrected chi connectivity index (χ2v) is 11.4. The van der Waals surface area contributed by atoms with Crippen molar-refractivity contribution < 1.29 is 24.2 Å². The highest BCUT2D eigenvalue weighted by molar-refractivity contribution is 5.92. The van der Waals surface area contributed by atoms with Crippen LogP contribution in [0, 0.1) is 28.1 Å². The molecule has 1 aromatic rings. The predicted molar refractivity (Wildman–Crippen MR) is 132 cm³/mol. The van der Waals surface area contributed by atoms with Gasteiger partial charge in [-0.1, -0.05) is 51.1 Å². The zero-order valence-corrected chi connectivity index (χ0v) is 21.4.